The van der Waals surface area contributed by atoms with Crippen LogP contribution in [0.4, 0.5) is 13.2 Å². The van der Waals surface area contributed by atoms with E-state index in [1.165, 1.54) is 0 Å². The fraction of sp³-hybridized carbons (Fsp3) is 0.875. The van der Waals surface area contributed by atoms with Crippen molar-refractivity contribution in [3.05, 3.63) is 0 Å². The van der Waals surface area contributed by atoms with Crippen LogP contribution in [0.2, 0.25) is 0 Å². The van der Waals surface area contributed by atoms with Crippen molar-refractivity contribution in [2.45, 2.75) is 31.1 Å². The van der Waals surface area contributed by atoms with Crippen LogP contribution in [0, 0.1) is 0 Å². The second-order valence-electron chi connectivity index (χ2n) is 3.64. The molecule has 14 heavy (non-hydrogen) atoms. The van der Waals surface area contributed by atoms with Crippen LogP contribution in [0.3, 0.4) is 0 Å². The van der Waals surface area contributed by atoms with Gasteiger partial charge in [0.05, 0.1) is 26.1 Å². The average Bonchev–Trinajstić information content (AvgIpc) is 2.70. The number of likely N-dealkylation sites (tertiary alicyclic amines) is 1. The van der Waals surface area contributed by atoms with Gasteiger partial charge in [-0.05, 0) is 6.90 Å². The van der Waals surface area contributed by atoms with Crippen LogP contribution < -0.4 is 0 Å². The van der Waals surface area contributed by atoms with Crippen LogP contribution in [0.25, 0.3) is 0 Å². The van der Waals surface area contributed by atoms with Crippen LogP contribution in [0.5, 0.6) is 0 Å². The Morgan fingerprint density at radius 2 is 2.57 bits per heavy atom. The normalized spacial score (nSPS) is 43.8. The molecule has 2 aliphatic heterocycles. The number of halogens is 3. The Bertz CT molecular complexity index is 325. The van der Waals surface area contributed by atoms with Crippen LogP contribution >= 0.6 is 0 Å². The second-order valence-corrected chi connectivity index (χ2v) is 3.64. The van der Waals surface area contributed by atoms with E-state index in [0.29, 0.717) is 4.90 Å². The van der Waals surface area contributed by atoms with Crippen molar-refractivity contribution < 1.29 is 25.4 Å². The molecule has 2 aliphatic rings. The van der Waals surface area contributed by atoms with Crippen molar-refractivity contribution in [2.24, 2.45) is 0 Å². The highest BCUT2D eigenvalue weighted by Gasteiger charge is 2.55. The summed E-state index contributed by atoms with van der Waals surface area (Å²) in [7, 11) is 0. The number of hydrogen-bond donors (Lipinski definition) is 0. The molecule has 2 fully saturated rings. The lowest BCUT2D eigenvalue weighted by molar-refractivity contribution is -0.190. The fourth-order valence-corrected chi connectivity index (χ4v) is 1.80. The van der Waals surface area contributed by atoms with Gasteiger partial charge in [0.15, 0.2) is 0 Å². The maximum absolute atomic E-state index is 12.2. The molecule has 0 N–H and O–H groups in total. The summed E-state index contributed by atoms with van der Waals surface area (Å²) in [6.07, 6.45) is -4.78. The van der Waals surface area contributed by atoms with Gasteiger partial charge in [0.2, 0.25) is 0 Å². The van der Waals surface area contributed by atoms with E-state index in [9.17, 15) is 18.0 Å². The smallest absolute Gasteiger partial charge is 0.371 e. The molecule has 80 valence electrons. The average molecular weight is 212 g/mol. The predicted octanol–water partition coefficient (Wildman–Crippen LogP) is 0.939. The zero-order valence-corrected chi connectivity index (χ0v) is 7.17. The molecule has 0 aromatic rings. The number of hydrogen-bond acceptors (Lipinski definition) is 2. The number of ether oxygens (including phenoxy) is 1. The van der Waals surface area contributed by atoms with Gasteiger partial charge >= 0.3 is 12.1 Å². The van der Waals surface area contributed by atoms with Crippen molar-refractivity contribution in [3.8, 4) is 0 Å². The molecule has 2 rings (SSSR count). The Morgan fingerprint density at radius 3 is 3.07 bits per heavy atom. The molecule has 3 nitrogen and oxygen atoms in total. The van der Waals surface area contributed by atoms with Crippen LogP contribution in [0.15, 0.2) is 0 Å². The highest BCUT2D eigenvalue weighted by atomic mass is 19.4. The lowest BCUT2D eigenvalue weighted by atomic mass is 10.1. The Morgan fingerprint density at radius 1 is 1.86 bits per heavy atom. The van der Waals surface area contributed by atoms with Crippen molar-refractivity contribution in [1.29, 1.82) is 0 Å². The highest BCUT2D eigenvalue weighted by molar-refractivity contribution is 5.82. The van der Waals surface area contributed by atoms with Gasteiger partial charge in [-0.3, -0.25) is 4.79 Å². The van der Waals surface area contributed by atoms with Crippen LogP contribution in [0.1, 0.15) is 16.1 Å². The molecule has 1 amide bonds. The van der Waals surface area contributed by atoms with Gasteiger partial charge in [0.25, 0.3) is 0 Å². The van der Waals surface area contributed by atoms with Crippen LogP contribution in [-0.2, 0) is 9.53 Å². The van der Waals surface area contributed by atoms with Gasteiger partial charge in [-0.2, -0.15) is 13.2 Å². The topological polar surface area (TPSA) is 29.5 Å². The lowest BCUT2D eigenvalue weighted by Crippen LogP contribution is -2.49. The maximum Gasteiger partial charge on any atom is 0.471 e. The van der Waals surface area contributed by atoms with E-state index in [1.807, 2.05) is 0 Å². The van der Waals surface area contributed by atoms with Crippen molar-refractivity contribution in [3.63, 3.8) is 0 Å². The summed E-state index contributed by atoms with van der Waals surface area (Å²) >= 11 is 0. The van der Waals surface area contributed by atoms with Gasteiger partial charge in [-0.25, -0.2) is 0 Å². The van der Waals surface area contributed by atoms with E-state index in [0.717, 1.165) is 0 Å². The maximum atomic E-state index is 12.2. The Balaban J connectivity index is 2.19. The minimum atomic E-state index is -4.92. The molecule has 0 aliphatic carbocycles. The minimum Gasteiger partial charge on any atom is -0.371 e. The summed E-state index contributed by atoms with van der Waals surface area (Å²) in [6.45, 7) is -1.65. The molecule has 2 heterocycles. The predicted molar refractivity (Wildman–Crippen MR) is 40.5 cm³/mol. The molecule has 0 saturated carbocycles. The standard InChI is InChI=1S/C8H10F3NO2/c1-7-2-5(3-14-7)12(4-7)6(13)8(9,10)11/h5H,2-4H2,1H3/t5-,7+/m0/s1/i1D,3T/t3-,5+,7-/m1. The SMILES string of the molecule is [2H]C[C@]12C[C@@H]([C@@H]([3H])O1)N(C(=O)C(F)(F)F)C2. The fourth-order valence-electron chi connectivity index (χ4n) is 1.80. The zero-order chi connectivity index (χ0) is 12.1. The van der Waals surface area contributed by atoms with E-state index in [1.54, 1.807) is 0 Å². The molecule has 0 unspecified atom stereocenters. The first kappa shape index (κ1) is 7.50. The van der Waals surface area contributed by atoms with E-state index in [2.05, 4.69) is 0 Å². The summed E-state index contributed by atoms with van der Waals surface area (Å²) < 4.78 is 56.5. The van der Waals surface area contributed by atoms with Crippen molar-refractivity contribution in [1.82, 2.24) is 4.90 Å². The van der Waals surface area contributed by atoms with Gasteiger partial charge < -0.3 is 9.64 Å². The summed E-state index contributed by atoms with van der Waals surface area (Å²) in [5, 5.41) is 0. The quantitative estimate of drug-likeness (QED) is 0.598. The molecule has 0 spiro atoms. The largest absolute Gasteiger partial charge is 0.471 e. The number of carbonyl (C=O) groups is 1. The Kier molecular flexibility index (Phi) is 1.41. The van der Waals surface area contributed by atoms with Gasteiger partial charge in [-0.1, -0.05) is 0 Å². The van der Waals surface area contributed by atoms with E-state index < -0.39 is 30.3 Å². The number of carbonyl (C=O) groups excluding carboxylic acids is 1. The monoisotopic (exact) mass is 212 g/mol. The molecular formula is C8H10F3NO2. The Labute approximate surface area is 81.6 Å². The van der Waals surface area contributed by atoms with E-state index >= 15 is 0 Å². The molecule has 0 aromatic heterocycles. The molecule has 3 atom stereocenters. The van der Waals surface area contributed by atoms with Gasteiger partial charge in [-0.15, -0.1) is 0 Å². The molecule has 0 aromatic carbocycles. The number of morpholine rings is 1. The van der Waals surface area contributed by atoms with Crippen molar-refractivity contribution >= 4 is 5.91 Å². The van der Waals surface area contributed by atoms with Crippen LogP contribution in [-0.4, -0.2) is 41.8 Å². The molecule has 2 saturated heterocycles. The number of rotatable bonds is 0. The summed E-state index contributed by atoms with van der Waals surface area (Å²) in [4.78, 5) is 11.7. The molecule has 2 bridgehead atoms. The van der Waals surface area contributed by atoms with Gasteiger partial charge in [0, 0.05) is 7.79 Å². The van der Waals surface area contributed by atoms with E-state index in [-0.39, 0.29) is 19.9 Å². The number of nitrogens with zero attached hydrogens (tertiary/aromatic N) is 1. The third-order valence-electron chi connectivity index (χ3n) is 2.42. The first-order chi connectivity index (χ1) is 7.29. The molecular weight excluding hydrogens is 199 g/mol. The van der Waals surface area contributed by atoms with E-state index in [4.69, 9.17) is 7.48 Å². The third-order valence-corrected chi connectivity index (χ3v) is 2.42. The lowest BCUT2D eigenvalue weighted by Gasteiger charge is -2.30. The van der Waals surface area contributed by atoms with Gasteiger partial charge in [0.1, 0.15) is 0 Å². The summed E-state index contributed by atoms with van der Waals surface area (Å²) in [6, 6.07) is -0.875. The highest BCUT2D eigenvalue weighted by Crippen LogP contribution is 2.38. The first-order valence-corrected chi connectivity index (χ1v) is 4.06. The number of amides is 1. The zero-order valence-electron chi connectivity index (χ0n) is 9.17. The number of fused-ring (bicyclic) bond motifs is 2. The summed E-state index contributed by atoms with van der Waals surface area (Å²) in [5.41, 5.74) is -1.07. The van der Waals surface area contributed by atoms with Crippen molar-refractivity contribution in [2.75, 3.05) is 13.1 Å². The number of alkyl halides is 3. The summed E-state index contributed by atoms with van der Waals surface area (Å²) in [5.74, 6) is -1.94. The molecule has 6 heteroatoms. The third kappa shape index (κ3) is 1.37. The molecule has 0 radical (unpaired) electrons. The second kappa shape index (κ2) is 2.62. The first-order valence-electron chi connectivity index (χ1n) is 5.35. The minimum absolute atomic E-state index is 0.145. The Hall–Kier alpha value is -0.780.